The van der Waals surface area contributed by atoms with Crippen LogP contribution in [0.5, 0.6) is 11.6 Å². The third-order valence-electron chi connectivity index (χ3n) is 4.21. The van der Waals surface area contributed by atoms with Gasteiger partial charge in [-0.05, 0) is 38.8 Å². The van der Waals surface area contributed by atoms with E-state index in [1.165, 1.54) is 6.33 Å². The maximum absolute atomic E-state index is 12.1. The predicted octanol–water partition coefficient (Wildman–Crippen LogP) is 3.01. The van der Waals surface area contributed by atoms with Crippen molar-refractivity contribution in [1.82, 2.24) is 15.3 Å². The highest BCUT2D eigenvalue weighted by atomic mass is 16.5. The fraction of sp³-hybridized carbons (Fsp3) is 0.421. The van der Waals surface area contributed by atoms with Crippen LogP contribution in [0.2, 0.25) is 0 Å². The molecule has 1 N–H and O–H groups in total. The Morgan fingerprint density at radius 3 is 2.60 bits per heavy atom. The Morgan fingerprint density at radius 1 is 1.20 bits per heavy atom. The molecule has 1 saturated heterocycles. The minimum atomic E-state index is 0.0838. The number of nitrogens with one attached hydrogen (secondary N) is 1. The van der Waals surface area contributed by atoms with Gasteiger partial charge in [0.05, 0.1) is 0 Å². The van der Waals surface area contributed by atoms with Crippen molar-refractivity contribution in [1.29, 1.82) is 0 Å². The Balaban J connectivity index is 1.60. The van der Waals surface area contributed by atoms with Gasteiger partial charge in [0, 0.05) is 31.1 Å². The van der Waals surface area contributed by atoms with E-state index in [-0.39, 0.29) is 17.9 Å². The monoisotopic (exact) mass is 340 g/mol. The van der Waals surface area contributed by atoms with Crippen LogP contribution in [0.15, 0.2) is 42.7 Å². The van der Waals surface area contributed by atoms with Gasteiger partial charge >= 0.3 is 0 Å². The molecule has 3 rings (SSSR count). The second-order valence-corrected chi connectivity index (χ2v) is 6.55. The van der Waals surface area contributed by atoms with Crippen molar-refractivity contribution in [2.24, 2.45) is 5.92 Å². The summed E-state index contributed by atoms with van der Waals surface area (Å²) in [5.74, 6) is 2.35. The van der Waals surface area contributed by atoms with Gasteiger partial charge in [-0.25, -0.2) is 9.97 Å². The zero-order valence-electron chi connectivity index (χ0n) is 14.7. The van der Waals surface area contributed by atoms with Gasteiger partial charge in [-0.3, -0.25) is 4.79 Å². The molecule has 132 valence electrons. The molecular formula is C19H24N4O2. The maximum atomic E-state index is 12.1. The number of anilines is 1. The first-order chi connectivity index (χ1) is 12.1. The van der Waals surface area contributed by atoms with Gasteiger partial charge in [0.2, 0.25) is 11.8 Å². The van der Waals surface area contributed by atoms with Crippen LogP contribution >= 0.6 is 0 Å². The van der Waals surface area contributed by atoms with E-state index in [1.54, 1.807) is 0 Å². The van der Waals surface area contributed by atoms with Gasteiger partial charge in [-0.15, -0.1) is 0 Å². The molecule has 0 saturated carbocycles. The van der Waals surface area contributed by atoms with Crippen LogP contribution in [-0.2, 0) is 4.79 Å². The van der Waals surface area contributed by atoms with Crippen LogP contribution in [0.25, 0.3) is 0 Å². The van der Waals surface area contributed by atoms with Crippen molar-refractivity contribution < 1.29 is 9.53 Å². The number of piperidine rings is 1. The zero-order valence-corrected chi connectivity index (χ0v) is 14.7. The lowest BCUT2D eigenvalue weighted by molar-refractivity contribution is -0.126. The highest BCUT2D eigenvalue weighted by Gasteiger charge is 2.26. The maximum Gasteiger partial charge on any atom is 0.224 e. The number of benzene rings is 1. The quantitative estimate of drug-likeness (QED) is 0.906. The number of rotatable bonds is 5. The molecule has 0 radical (unpaired) electrons. The van der Waals surface area contributed by atoms with Crippen molar-refractivity contribution in [3.05, 3.63) is 42.7 Å². The number of hydrogen-bond acceptors (Lipinski definition) is 5. The lowest BCUT2D eigenvalue weighted by Crippen LogP contribution is -2.42. The second-order valence-electron chi connectivity index (χ2n) is 6.55. The fourth-order valence-electron chi connectivity index (χ4n) is 2.94. The minimum Gasteiger partial charge on any atom is -0.439 e. The van der Waals surface area contributed by atoms with Crippen LogP contribution in [0, 0.1) is 5.92 Å². The molecule has 1 aliphatic rings. The van der Waals surface area contributed by atoms with Crippen LogP contribution in [0.4, 0.5) is 5.82 Å². The normalized spacial score (nSPS) is 15.2. The Morgan fingerprint density at radius 2 is 1.92 bits per heavy atom. The molecule has 1 aromatic heterocycles. The van der Waals surface area contributed by atoms with E-state index in [0.29, 0.717) is 5.88 Å². The number of amides is 1. The minimum absolute atomic E-state index is 0.0838. The smallest absolute Gasteiger partial charge is 0.224 e. The van der Waals surface area contributed by atoms with E-state index < -0.39 is 0 Å². The van der Waals surface area contributed by atoms with E-state index in [2.05, 4.69) is 20.2 Å². The number of nitrogens with zero attached hydrogens (tertiary/aromatic N) is 3. The summed E-state index contributed by atoms with van der Waals surface area (Å²) in [7, 11) is 0. The van der Waals surface area contributed by atoms with Gasteiger partial charge in [-0.2, -0.15) is 0 Å². The van der Waals surface area contributed by atoms with E-state index in [1.807, 2.05) is 50.2 Å². The standard InChI is InChI=1S/C19H24N4O2/c1-14(2)22-19(24)15-8-10-23(11-9-15)17-12-18(21-13-20-17)25-16-6-4-3-5-7-16/h3-7,12-15H,8-11H2,1-2H3,(H,22,24). The zero-order chi connectivity index (χ0) is 17.6. The number of para-hydroxylation sites is 1. The molecule has 0 aliphatic carbocycles. The van der Waals surface area contributed by atoms with Gasteiger partial charge < -0.3 is 15.0 Å². The topological polar surface area (TPSA) is 67.4 Å². The molecule has 1 aliphatic heterocycles. The van der Waals surface area contributed by atoms with Crippen molar-refractivity contribution in [3.63, 3.8) is 0 Å². The summed E-state index contributed by atoms with van der Waals surface area (Å²) in [4.78, 5) is 22.9. The number of aromatic nitrogens is 2. The summed E-state index contributed by atoms with van der Waals surface area (Å²) in [6.45, 7) is 5.58. The third kappa shape index (κ3) is 4.68. The lowest BCUT2D eigenvalue weighted by atomic mass is 9.95. The van der Waals surface area contributed by atoms with Gasteiger partial charge in [0.25, 0.3) is 0 Å². The summed E-state index contributed by atoms with van der Waals surface area (Å²) in [6, 6.07) is 11.6. The van der Waals surface area contributed by atoms with Crippen LogP contribution < -0.4 is 15.0 Å². The summed E-state index contributed by atoms with van der Waals surface area (Å²) < 4.78 is 5.77. The third-order valence-corrected chi connectivity index (χ3v) is 4.21. The average Bonchev–Trinajstić information content (AvgIpc) is 2.62. The van der Waals surface area contributed by atoms with E-state index in [9.17, 15) is 4.79 Å². The molecule has 0 spiro atoms. The first kappa shape index (κ1) is 17.2. The second kappa shape index (κ2) is 7.96. The SMILES string of the molecule is CC(C)NC(=O)C1CCN(c2cc(Oc3ccccc3)ncn2)CC1. The molecule has 1 amide bonds. The molecule has 6 heteroatoms. The van der Waals surface area contributed by atoms with Crippen LogP contribution in [-0.4, -0.2) is 35.0 Å². The van der Waals surface area contributed by atoms with Gasteiger partial charge in [0.1, 0.15) is 17.9 Å². The highest BCUT2D eigenvalue weighted by Crippen LogP contribution is 2.25. The molecule has 0 unspecified atom stereocenters. The van der Waals surface area contributed by atoms with E-state index in [4.69, 9.17) is 4.74 Å². The molecular weight excluding hydrogens is 316 g/mol. The number of hydrogen-bond donors (Lipinski definition) is 1. The van der Waals surface area contributed by atoms with E-state index >= 15 is 0 Å². The van der Waals surface area contributed by atoms with Crippen molar-refractivity contribution in [2.75, 3.05) is 18.0 Å². The Kier molecular flexibility index (Phi) is 5.48. The molecule has 2 aromatic rings. The summed E-state index contributed by atoms with van der Waals surface area (Å²) in [5.41, 5.74) is 0. The number of carbonyl (C=O) groups is 1. The molecule has 1 aromatic carbocycles. The number of carbonyl (C=O) groups excluding carboxylic acids is 1. The largest absolute Gasteiger partial charge is 0.439 e. The molecule has 0 bridgehead atoms. The van der Waals surface area contributed by atoms with Crippen molar-refractivity contribution in [2.45, 2.75) is 32.7 Å². The van der Waals surface area contributed by atoms with Crippen molar-refractivity contribution >= 4 is 11.7 Å². The lowest BCUT2D eigenvalue weighted by Gasteiger charge is -2.32. The predicted molar refractivity (Wildman–Crippen MR) is 96.8 cm³/mol. The average molecular weight is 340 g/mol. The molecule has 2 heterocycles. The van der Waals surface area contributed by atoms with E-state index in [0.717, 1.165) is 37.5 Å². The summed E-state index contributed by atoms with van der Waals surface area (Å²) in [6.07, 6.45) is 3.18. The Bertz CT molecular complexity index is 698. The van der Waals surface area contributed by atoms with Crippen LogP contribution in [0.3, 0.4) is 0 Å². The molecule has 0 atom stereocenters. The number of ether oxygens (including phenoxy) is 1. The first-order valence-corrected chi connectivity index (χ1v) is 8.72. The Labute approximate surface area is 148 Å². The Hall–Kier alpha value is -2.63. The summed E-state index contributed by atoms with van der Waals surface area (Å²) in [5, 5.41) is 3.00. The highest BCUT2D eigenvalue weighted by molar-refractivity contribution is 5.79. The molecule has 1 fully saturated rings. The summed E-state index contributed by atoms with van der Waals surface area (Å²) >= 11 is 0. The van der Waals surface area contributed by atoms with Crippen molar-refractivity contribution in [3.8, 4) is 11.6 Å². The fourth-order valence-corrected chi connectivity index (χ4v) is 2.94. The van der Waals surface area contributed by atoms with Crippen LogP contribution in [0.1, 0.15) is 26.7 Å². The van der Waals surface area contributed by atoms with Gasteiger partial charge in [0.15, 0.2) is 0 Å². The first-order valence-electron chi connectivity index (χ1n) is 8.72. The molecule has 6 nitrogen and oxygen atoms in total. The van der Waals surface area contributed by atoms with Gasteiger partial charge in [-0.1, -0.05) is 18.2 Å². The molecule has 25 heavy (non-hydrogen) atoms.